The minimum Gasteiger partial charge on any atom is -0.347 e. The van der Waals surface area contributed by atoms with E-state index in [0.29, 0.717) is 0 Å². The highest BCUT2D eigenvalue weighted by atomic mass is 15.3. The Balaban J connectivity index is 1.47. The molecule has 0 saturated carbocycles. The van der Waals surface area contributed by atoms with E-state index in [-0.39, 0.29) is 0 Å². The normalized spacial score (nSPS) is 24.5. The zero-order valence-electron chi connectivity index (χ0n) is 9.52. The van der Waals surface area contributed by atoms with Crippen LogP contribution in [0.25, 0.3) is 0 Å². The number of H-pyrrole nitrogens is 1. The third kappa shape index (κ3) is 2.11. The Labute approximate surface area is 95.8 Å². The average molecular weight is 221 g/mol. The van der Waals surface area contributed by atoms with Gasteiger partial charge in [-0.15, -0.1) is 0 Å². The second-order valence-corrected chi connectivity index (χ2v) is 4.70. The first-order chi connectivity index (χ1) is 7.92. The van der Waals surface area contributed by atoms with E-state index >= 15 is 0 Å². The highest BCUT2D eigenvalue weighted by Gasteiger charge is 2.27. The summed E-state index contributed by atoms with van der Waals surface area (Å²) in [6.45, 7) is 8.14. The van der Waals surface area contributed by atoms with Crippen molar-refractivity contribution in [1.82, 2.24) is 25.1 Å². The highest BCUT2D eigenvalue weighted by Crippen LogP contribution is 2.11. The van der Waals surface area contributed by atoms with Crippen LogP contribution < -0.4 is 5.32 Å². The van der Waals surface area contributed by atoms with E-state index in [0.717, 1.165) is 12.6 Å². The number of nitrogens with one attached hydrogen (secondary N) is 2. The summed E-state index contributed by atoms with van der Waals surface area (Å²) in [6, 6.07) is 0.800. The summed E-state index contributed by atoms with van der Waals surface area (Å²) in [6.07, 6.45) is 3.67. The van der Waals surface area contributed by atoms with Gasteiger partial charge in [0.2, 0.25) is 0 Å². The number of aromatic amines is 1. The van der Waals surface area contributed by atoms with Crippen molar-refractivity contribution in [2.45, 2.75) is 12.6 Å². The second-order valence-electron chi connectivity index (χ2n) is 4.70. The van der Waals surface area contributed by atoms with E-state index in [4.69, 9.17) is 0 Å². The maximum absolute atomic E-state index is 4.05. The minimum absolute atomic E-state index is 0.800. The van der Waals surface area contributed by atoms with Crippen LogP contribution in [0.3, 0.4) is 0 Å². The molecule has 2 aliphatic heterocycles. The van der Waals surface area contributed by atoms with Crippen molar-refractivity contribution in [2.75, 3.05) is 39.3 Å². The van der Waals surface area contributed by atoms with Gasteiger partial charge >= 0.3 is 0 Å². The van der Waals surface area contributed by atoms with Gasteiger partial charge in [-0.05, 0) is 0 Å². The van der Waals surface area contributed by atoms with Crippen LogP contribution in [-0.2, 0) is 6.54 Å². The van der Waals surface area contributed by atoms with Gasteiger partial charge in [-0.3, -0.25) is 9.80 Å². The molecule has 0 amide bonds. The first-order valence-electron chi connectivity index (χ1n) is 6.06. The van der Waals surface area contributed by atoms with Crippen molar-refractivity contribution in [3.8, 4) is 0 Å². The Hall–Kier alpha value is -0.910. The summed E-state index contributed by atoms with van der Waals surface area (Å²) < 4.78 is 0. The summed E-state index contributed by atoms with van der Waals surface area (Å²) >= 11 is 0. The molecule has 1 aromatic rings. The van der Waals surface area contributed by atoms with Gasteiger partial charge in [-0.1, -0.05) is 0 Å². The summed E-state index contributed by atoms with van der Waals surface area (Å²) in [5.41, 5.74) is 1.22. The SMILES string of the molecule is c1ncc(CN2CCN(C3CNC3)CC2)[nH]1. The van der Waals surface area contributed by atoms with E-state index in [1.807, 2.05) is 6.20 Å². The van der Waals surface area contributed by atoms with Gasteiger partial charge in [0.1, 0.15) is 0 Å². The Morgan fingerprint density at radius 3 is 2.62 bits per heavy atom. The molecule has 3 rings (SSSR count). The third-order valence-corrected chi connectivity index (χ3v) is 3.63. The molecule has 0 spiro atoms. The number of hydrogen-bond donors (Lipinski definition) is 2. The van der Waals surface area contributed by atoms with Gasteiger partial charge < -0.3 is 10.3 Å². The maximum Gasteiger partial charge on any atom is 0.0922 e. The van der Waals surface area contributed by atoms with E-state index in [1.165, 1.54) is 45.0 Å². The number of hydrogen-bond acceptors (Lipinski definition) is 4. The fourth-order valence-corrected chi connectivity index (χ4v) is 2.43. The molecule has 0 bridgehead atoms. The van der Waals surface area contributed by atoms with Crippen molar-refractivity contribution in [3.05, 3.63) is 18.2 Å². The lowest BCUT2D eigenvalue weighted by atomic mass is 10.1. The molecule has 0 aliphatic carbocycles. The summed E-state index contributed by atoms with van der Waals surface area (Å²) in [5.74, 6) is 0. The first kappa shape index (κ1) is 10.3. The van der Waals surface area contributed by atoms with Crippen LogP contribution in [0.1, 0.15) is 5.69 Å². The lowest BCUT2D eigenvalue weighted by molar-refractivity contribution is 0.0691. The Morgan fingerprint density at radius 2 is 2.06 bits per heavy atom. The molecule has 0 aromatic carbocycles. The monoisotopic (exact) mass is 221 g/mol. The average Bonchev–Trinajstić information content (AvgIpc) is 2.71. The van der Waals surface area contributed by atoms with E-state index in [9.17, 15) is 0 Å². The molecule has 88 valence electrons. The van der Waals surface area contributed by atoms with Crippen molar-refractivity contribution >= 4 is 0 Å². The van der Waals surface area contributed by atoms with Crippen molar-refractivity contribution in [1.29, 1.82) is 0 Å². The predicted molar refractivity (Wildman–Crippen MR) is 62.1 cm³/mol. The molecule has 5 nitrogen and oxygen atoms in total. The molecule has 0 atom stereocenters. The largest absolute Gasteiger partial charge is 0.347 e. The quantitative estimate of drug-likeness (QED) is 0.722. The van der Waals surface area contributed by atoms with Gasteiger partial charge in [0.15, 0.2) is 0 Å². The van der Waals surface area contributed by atoms with Crippen LogP contribution in [-0.4, -0.2) is 65.1 Å². The van der Waals surface area contributed by atoms with E-state index < -0.39 is 0 Å². The molecular weight excluding hydrogens is 202 g/mol. The summed E-state index contributed by atoms with van der Waals surface area (Å²) in [4.78, 5) is 12.3. The zero-order valence-corrected chi connectivity index (χ0v) is 9.52. The Kier molecular flexibility index (Phi) is 2.90. The van der Waals surface area contributed by atoms with Crippen LogP contribution in [0.5, 0.6) is 0 Å². The number of imidazole rings is 1. The summed E-state index contributed by atoms with van der Waals surface area (Å²) in [5, 5.41) is 3.34. The van der Waals surface area contributed by atoms with Gasteiger partial charge in [-0.25, -0.2) is 4.98 Å². The molecule has 0 unspecified atom stereocenters. The fourth-order valence-electron chi connectivity index (χ4n) is 2.43. The Bertz CT molecular complexity index is 311. The van der Waals surface area contributed by atoms with E-state index in [1.54, 1.807) is 6.33 Å². The topological polar surface area (TPSA) is 47.2 Å². The molecule has 16 heavy (non-hydrogen) atoms. The maximum atomic E-state index is 4.05. The molecule has 2 aliphatic rings. The van der Waals surface area contributed by atoms with Gasteiger partial charge in [-0.2, -0.15) is 0 Å². The number of nitrogens with zero attached hydrogens (tertiary/aromatic N) is 3. The third-order valence-electron chi connectivity index (χ3n) is 3.63. The lowest BCUT2D eigenvalue weighted by Gasteiger charge is -2.43. The first-order valence-corrected chi connectivity index (χ1v) is 6.06. The highest BCUT2D eigenvalue weighted by molar-refractivity contribution is 4.95. The van der Waals surface area contributed by atoms with Crippen molar-refractivity contribution < 1.29 is 0 Å². The molecule has 5 heteroatoms. The van der Waals surface area contributed by atoms with Crippen LogP contribution in [0.15, 0.2) is 12.5 Å². The smallest absolute Gasteiger partial charge is 0.0922 e. The summed E-state index contributed by atoms with van der Waals surface area (Å²) in [7, 11) is 0. The zero-order chi connectivity index (χ0) is 10.8. The van der Waals surface area contributed by atoms with E-state index in [2.05, 4.69) is 25.1 Å². The number of aromatic nitrogens is 2. The van der Waals surface area contributed by atoms with Crippen LogP contribution >= 0.6 is 0 Å². The van der Waals surface area contributed by atoms with Crippen LogP contribution in [0, 0.1) is 0 Å². The second kappa shape index (κ2) is 4.53. The molecule has 2 N–H and O–H groups in total. The van der Waals surface area contributed by atoms with Crippen LogP contribution in [0.4, 0.5) is 0 Å². The van der Waals surface area contributed by atoms with Gasteiger partial charge in [0.05, 0.1) is 6.33 Å². The Morgan fingerprint density at radius 1 is 1.25 bits per heavy atom. The molecule has 2 saturated heterocycles. The number of rotatable bonds is 3. The van der Waals surface area contributed by atoms with Crippen molar-refractivity contribution in [3.63, 3.8) is 0 Å². The molecule has 3 heterocycles. The fraction of sp³-hybridized carbons (Fsp3) is 0.727. The molecule has 1 aromatic heterocycles. The molecular formula is C11H19N5. The minimum atomic E-state index is 0.800. The molecule has 0 radical (unpaired) electrons. The van der Waals surface area contributed by atoms with Gasteiger partial charge in [0.25, 0.3) is 0 Å². The number of piperazine rings is 1. The van der Waals surface area contributed by atoms with Crippen molar-refractivity contribution in [2.24, 2.45) is 0 Å². The standard InChI is InChI=1S/C11H19N5/c1-3-16(11-6-12-7-11)4-2-15(1)8-10-5-13-9-14-10/h5,9,11-12H,1-4,6-8H2,(H,13,14). The van der Waals surface area contributed by atoms with Gasteiger partial charge in [0, 0.05) is 63.7 Å². The van der Waals surface area contributed by atoms with Crippen LogP contribution in [0.2, 0.25) is 0 Å². The predicted octanol–water partition coefficient (Wildman–Crippen LogP) is -0.501. The lowest BCUT2D eigenvalue weighted by Crippen LogP contribution is -2.61. The molecule has 2 fully saturated rings.